The van der Waals surface area contributed by atoms with Gasteiger partial charge in [0.05, 0.1) is 0 Å². The van der Waals surface area contributed by atoms with Crippen LogP contribution in [-0.2, 0) is 4.79 Å². The summed E-state index contributed by atoms with van der Waals surface area (Å²) in [5, 5.41) is 29.5. The van der Waals surface area contributed by atoms with Crippen molar-refractivity contribution in [2.75, 3.05) is 19.8 Å². The number of carbonyl (C=O) groups is 1. The van der Waals surface area contributed by atoms with Crippen LogP contribution in [0.5, 0.6) is 5.75 Å². The molecule has 26 heavy (non-hydrogen) atoms. The Hall–Kier alpha value is -1.55. The van der Waals surface area contributed by atoms with E-state index in [0.29, 0.717) is 23.7 Å². The number of hydrogen-bond donors (Lipinski definition) is 4. The molecule has 0 aliphatic heterocycles. The summed E-state index contributed by atoms with van der Waals surface area (Å²) < 4.78 is 37.2. The topological polar surface area (TPSA) is 99.0 Å². The van der Waals surface area contributed by atoms with E-state index >= 15 is 0 Å². The summed E-state index contributed by atoms with van der Waals surface area (Å²) in [6.07, 6.45) is -5.00. The van der Waals surface area contributed by atoms with Crippen LogP contribution in [0.2, 0.25) is 5.02 Å². The molecule has 0 saturated heterocycles. The molecule has 1 rings (SSSR count). The highest BCUT2D eigenvalue weighted by atomic mass is 35.5. The van der Waals surface area contributed by atoms with E-state index in [1.807, 2.05) is 19.9 Å². The lowest BCUT2D eigenvalue weighted by molar-refractivity contribution is -0.192. The first-order chi connectivity index (χ1) is 12.0. The minimum atomic E-state index is -5.08. The van der Waals surface area contributed by atoms with Crippen molar-refractivity contribution >= 4 is 17.6 Å². The van der Waals surface area contributed by atoms with E-state index in [-0.39, 0.29) is 19.3 Å². The minimum absolute atomic E-state index is 0.144. The molecule has 0 radical (unpaired) electrons. The maximum atomic E-state index is 10.6. The van der Waals surface area contributed by atoms with Crippen LogP contribution >= 0.6 is 11.6 Å². The highest BCUT2D eigenvalue weighted by Crippen LogP contribution is 2.21. The maximum Gasteiger partial charge on any atom is 0.490 e. The van der Waals surface area contributed by atoms with Gasteiger partial charge in [0, 0.05) is 24.2 Å². The fourth-order valence-electron chi connectivity index (χ4n) is 1.59. The average Bonchev–Trinajstić information content (AvgIpc) is 2.54. The lowest BCUT2D eigenvalue weighted by atomic mass is 10.2. The lowest BCUT2D eigenvalue weighted by Crippen LogP contribution is -2.37. The van der Waals surface area contributed by atoms with Crippen molar-refractivity contribution in [2.45, 2.75) is 38.6 Å². The number of nitrogens with one attached hydrogen (secondary N) is 1. The van der Waals surface area contributed by atoms with Crippen LogP contribution in [0.15, 0.2) is 18.2 Å². The van der Waals surface area contributed by atoms with Crippen molar-refractivity contribution in [2.24, 2.45) is 0 Å². The summed E-state index contributed by atoms with van der Waals surface area (Å²) in [4.78, 5) is 8.90. The minimum Gasteiger partial charge on any atom is -0.491 e. The number of carboxylic acid groups (broad SMARTS) is 1. The predicted molar refractivity (Wildman–Crippen MR) is 90.5 cm³/mol. The molecule has 6 nitrogen and oxygen atoms in total. The Morgan fingerprint density at radius 3 is 2.42 bits per heavy atom. The van der Waals surface area contributed by atoms with Crippen LogP contribution in [0.1, 0.15) is 18.9 Å². The lowest BCUT2D eigenvalue weighted by Gasteiger charge is -2.17. The third kappa shape index (κ3) is 11.1. The standard InChI is InChI=1S/C14H22ClNO3.C2HF3O2/c1-10-7-13(3-4-14(10)15)19-9-12(18)8-16-11(2)5-6-17;3-2(4,5)1(6)7/h3-4,7,11-12,16-18H,5-6,8-9H2,1-2H3;(H,6,7). The molecule has 0 amide bonds. The number of halogens is 4. The number of ether oxygens (including phenoxy) is 1. The summed E-state index contributed by atoms with van der Waals surface area (Å²) >= 11 is 5.92. The Kier molecular flexibility index (Phi) is 11.2. The van der Waals surface area contributed by atoms with Gasteiger partial charge in [0.2, 0.25) is 0 Å². The van der Waals surface area contributed by atoms with E-state index in [0.717, 1.165) is 5.56 Å². The van der Waals surface area contributed by atoms with Crippen LogP contribution in [0.3, 0.4) is 0 Å². The van der Waals surface area contributed by atoms with Crippen LogP contribution in [0, 0.1) is 6.92 Å². The zero-order valence-corrected chi connectivity index (χ0v) is 15.1. The number of aliphatic carboxylic acids is 1. The van der Waals surface area contributed by atoms with E-state index in [2.05, 4.69) is 5.32 Å². The second-order valence-corrected chi connectivity index (χ2v) is 5.91. The maximum absolute atomic E-state index is 10.6. The summed E-state index contributed by atoms with van der Waals surface area (Å²) in [7, 11) is 0. The first-order valence-electron chi connectivity index (χ1n) is 7.68. The second-order valence-electron chi connectivity index (χ2n) is 5.50. The van der Waals surface area contributed by atoms with Crippen molar-refractivity contribution in [1.29, 1.82) is 0 Å². The number of aliphatic hydroxyl groups excluding tert-OH is 2. The highest BCUT2D eigenvalue weighted by Gasteiger charge is 2.38. The summed E-state index contributed by atoms with van der Waals surface area (Å²) in [6.45, 7) is 4.68. The van der Waals surface area contributed by atoms with Gasteiger partial charge in [-0.2, -0.15) is 13.2 Å². The van der Waals surface area contributed by atoms with Gasteiger partial charge in [-0.3, -0.25) is 0 Å². The summed E-state index contributed by atoms with van der Waals surface area (Å²) in [5.41, 5.74) is 0.948. The van der Waals surface area contributed by atoms with Crippen LogP contribution in [0.4, 0.5) is 13.2 Å². The monoisotopic (exact) mass is 401 g/mol. The Morgan fingerprint density at radius 1 is 1.38 bits per heavy atom. The van der Waals surface area contributed by atoms with Crippen molar-refractivity contribution < 1.29 is 38.0 Å². The smallest absolute Gasteiger partial charge is 0.490 e. The second kappa shape index (κ2) is 11.9. The van der Waals surface area contributed by atoms with Crippen molar-refractivity contribution in [1.82, 2.24) is 5.32 Å². The Morgan fingerprint density at radius 2 is 1.96 bits per heavy atom. The normalized spacial score (nSPS) is 13.4. The van der Waals surface area contributed by atoms with Gasteiger partial charge in [-0.05, 0) is 44.0 Å². The zero-order valence-electron chi connectivity index (χ0n) is 14.4. The highest BCUT2D eigenvalue weighted by molar-refractivity contribution is 6.31. The fourth-order valence-corrected chi connectivity index (χ4v) is 1.71. The Balaban J connectivity index is 0.000000758. The Bertz CT molecular complexity index is 557. The SMILES string of the molecule is Cc1cc(OCC(O)CNC(C)CCO)ccc1Cl.O=C(O)C(F)(F)F. The van der Waals surface area contributed by atoms with Gasteiger partial charge in [-0.15, -0.1) is 0 Å². The molecule has 0 bridgehead atoms. The molecule has 0 fully saturated rings. The third-order valence-electron chi connectivity index (χ3n) is 3.08. The first kappa shape index (κ1) is 24.5. The van der Waals surface area contributed by atoms with Crippen molar-refractivity contribution in [3.05, 3.63) is 28.8 Å². The molecule has 1 aromatic rings. The van der Waals surface area contributed by atoms with Gasteiger partial charge in [-0.1, -0.05) is 11.6 Å². The zero-order chi connectivity index (χ0) is 20.3. The van der Waals surface area contributed by atoms with Gasteiger partial charge in [0.25, 0.3) is 0 Å². The van der Waals surface area contributed by atoms with E-state index in [1.165, 1.54) is 0 Å². The molecule has 0 aliphatic rings. The number of alkyl halides is 3. The molecule has 10 heteroatoms. The summed E-state index contributed by atoms with van der Waals surface area (Å²) in [6, 6.07) is 5.58. The molecular formula is C16H23ClF3NO5. The number of aryl methyl sites for hydroxylation is 1. The quantitative estimate of drug-likeness (QED) is 0.534. The third-order valence-corrected chi connectivity index (χ3v) is 3.50. The number of aliphatic hydroxyl groups is 2. The molecular weight excluding hydrogens is 379 g/mol. The van der Waals surface area contributed by atoms with Gasteiger partial charge in [-0.25, -0.2) is 4.79 Å². The van der Waals surface area contributed by atoms with Crippen LogP contribution < -0.4 is 10.1 Å². The molecule has 150 valence electrons. The number of benzene rings is 1. The molecule has 2 atom stereocenters. The first-order valence-corrected chi connectivity index (χ1v) is 8.06. The number of rotatable bonds is 8. The van der Waals surface area contributed by atoms with E-state index in [9.17, 15) is 18.3 Å². The fraction of sp³-hybridized carbons (Fsp3) is 0.562. The molecule has 0 saturated carbocycles. The van der Waals surface area contributed by atoms with Gasteiger partial charge >= 0.3 is 12.1 Å². The Labute approximate surface area is 154 Å². The number of hydrogen-bond acceptors (Lipinski definition) is 5. The molecule has 4 N–H and O–H groups in total. The molecule has 0 aromatic heterocycles. The molecule has 2 unspecified atom stereocenters. The summed E-state index contributed by atoms with van der Waals surface area (Å²) in [5.74, 6) is -2.06. The average molecular weight is 402 g/mol. The van der Waals surface area contributed by atoms with E-state index < -0.39 is 18.2 Å². The molecule has 1 aromatic carbocycles. The van der Waals surface area contributed by atoms with Crippen molar-refractivity contribution in [3.8, 4) is 5.75 Å². The van der Waals surface area contributed by atoms with Crippen LogP contribution in [0.25, 0.3) is 0 Å². The molecule has 0 aliphatic carbocycles. The number of carboxylic acids is 1. The predicted octanol–water partition coefficient (Wildman–Crippen LogP) is 2.38. The van der Waals surface area contributed by atoms with Gasteiger partial charge in [0.15, 0.2) is 0 Å². The molecule has 0 spiro atoms. The van der Waals surface area contributed by atoms with Gasteiger partial charge in [0.1, 0.15) is 18.5 Å². The molecule has 0 heterocycles. The van der Waals surface area contributed by atoms with Crippen LogP contribution in [-0.4, -0.2) is 59.4 Å². The van der Waals surface area contributed by atoms with Gasteiger partial charge < -0.3 is 25.4 Å². The van der Waals surface area contributed by atoms with E-state index in [1.54, 1.807) is 12.1 Å². The van der Waals surface area contributed by atoms with Crippen molar-refractivity contribution in [3.63, 3.8) is 0 Å². The van der Waals surface area contributed by atoms with E-state index in [4.69, 9.17) is 31.3 Å². The largest absolute Gasteiger partial charge is 0.491 e.